The van der Waals surface area contributed by atoms with Crippen LogP contribution in [0.5, 0.6) is 5.75 Å². The van der Waals surface area contributed by atoms with Crippen LogP contribution in [-0.4, -0.2) is 11.7 Å². The predicted octanol–water partition coefficient (Wildman–Crippen LogP) is 2.54. The van der Waals surface area contributed by atoms with Crippen molar-refractivity contribution < 1.29 is 5.11 Å². The summed E-state index contributed by atoms with van der Waals surface area (Å²) in [5.74, 6) is 0.354. The highest BCUT2D eigenvalue weighted by atomic mass is 16.3. The van der Waals surface area contributed by atoms with E-state index in [0.29, 0.717) is 12.3 Å². The minimum Gasteiger partial charge on any atom is -0.507 e. The molecule has 0 aromatic heterocycles. The van der Waals surface area contributed by atoms with Crippen molar-refractivity contribution in [3.63, 3.8) is 0 Å². The van der Waals surface area contributed by atoms with Crippen LogP contribution < -0.4 is 5.73 Å². The fourth-order valence-corrected chi connectivity index (χ4v) is 2.49. The van der Waals surface area contributed by atoms with Gasteiger partial charge in [-0.15, -0.1) is 0 Å². The second kappa shape index (κ2) is 3.22. The molecule has 0 heterocycles. The van der Waals surface area contributed by atoms with Gasteiger partial charge in [0.25, 0.3) is 0 Å². The zero-order chi connectivity index (χ0) is 11.2. The summed E-state index contributed by atoms with van der Waals surface area (Å²) in [5, 5.41) is 11.9. The summed E-state index contributed by atoms with van der Waals surface area (Å²) < 4.78 is 0. The molecule has 0 radical (unpaired) electrons. The SMILES string of the molecule is NCC1(c2cccc3c(O)cccc23)CC1. The fraction of sp³-hybridized carbons (Fsp3) is 0.286. The van der Waals surface area contributed by atoms with Crippen LogP contribution in [0, 0.1) is 0 Å². The van der Waals surface area contributed by atoms with E-state index in [0.717, 1.165) is 23.6 Å². The van der Waals surface area contributed by atoms with Crippen molar-refractivity contribution in [3.8, 4) is 5.75 Å². The van der Waals surface area contributed by atoms with Crippen molar-refractivity contribution in [3.05, 3.63) is 42.0 Å². The largest absolute Gasteiger partial charge is 0.507 e. The van der Waals surface area contributed by atoms with Crippen molar-refractivity contribution in [1.29, 1.82) is 0 Å². The minimum atomic E-state index is 0.174. The normalized spacial score (nSPS) is 17.6. The van der Waals surface area contributed by atoms with E-state index < -0.39 is 0 Å². The molecule has 2 nitrogen and oxygen atoms in total. The summed E-state index contributed by atoms with van der Waals surface area (Å²) in [6.45, 7) is 0.696. The van der Waals surface area contributed by atoms with Gasteiger partial charge >= 0.3 is 0 Å². The fourth-order valence-electron chi connectivity index (χ4n) is 2.49. The molecule has 2 aromatic carbocycles. The molecular weight excluding hydrogens is 198 g/mol. The van der Waals surface area contributed by atoms with Crippen molar-refractivity contribution in [2.24, 2.45) is 5.73 Å². The highest BCUT2D eigenvalue weighted by Crippen LogP contribution is 2.49. The summed E-state index contributed by atoms with van der Waals surface area (Å²) in [7, 11) is 0. The van der Waals surface area contributed by atoms with Gasteiger partial charge in [-0.1, -0.05) is 30.3 Å². The van der Waals surface area contributed by atoms with E-state index >= 15 is 0 Å². The van der Waals surface area contributed by atoms with Crippen molar-refractivity contribution in [2.45, 2.75) is 18.3 Å². The summed E-state index contributed by atoms with van der Waals surface area (Å²) in [4.78, 5) is 0. The highest BCUT2D eigenvalue weighted by Gasteiger charge is 2.43. The molecule has 0 spiro atoms. The minimum absolute atomic E-state index is 0.174. The van der Waals surface area contributed by atoms with Gasteiger partial charge in [-0.2, -0.15) is 0 Å². The molecular formula is C14H15NO. The Bertz CT molecular complexity index is 543. The molecule has 0 unspecified atom stereocenters. The predicted molar refractivity (Wildman–Crippen MR) is 65.6 cm³/mol. The number of rotatable bonds is 2. The molecule has 2 aromatic rings. The lowest BCUT2D eigenvalue weighted by Crippen LogP contribution is -2.19. The molecule has 0 amide bonds. The van der Waals surface area contributed by atoms with Gasteiger partial charge in [0.1, 0.15) is 5.75 Å². The molecule has 3 N–H and O–H groups in total. The maximum absolute atomic E-state index is 9.82. The molecule has 0 aliphatic heterocycles. The number of phenolic OH excluding ortho intramolecular Hbond substituents is 1. The number of phenols is 1. The molecule has 82 valence electrons. The number of hydrogen-bond acceptors (Lipinski definition) is 2. The third-order valence-corrected chi connectivity index (χ3v) is 3.71. The quantitative estimate of drug-likeness (QED) is 0.805. The van der Waals surface area contributed by atoms with Crippen LogP contribution in [0.3, 0.4) is 0 Å². The number of benzene rings is 2. The molecule has 3 rings (SSSR count). The first-order valence-electron chi connectivity index (χ1n) is 5.68. The van der Waals surface area contributed by atoms with Gasteiger partial charge < -0.3 is 10.8 Å². The Balaban J connectivity index is 2.30. The Labute approximate surface area is 94.7 Å². The van der Waals surface area contributed by atoms with Gasteiger partial charge in [0, 0.05) is 17.3 Å². The second-order valence-corrected chi connectivity index (χ2v) is 4.66. The van der Waals surface area contributed by atoms with E-state index in [1.807, 2.05) is 18.2 Å². The van der Waals surface area contributed by atoms with Crippen molar-refractivity contribution in [2.75, 3.05) is 6.54 Å². The second-order valence-electron chi connectivity index (χ2n) is 4.66. The zero-order valence-electron chi connectivity index (χ0n) is 9.11. The molecule has 16 heavy (non-hydrogen) atoms. The molecule has 0 bridgehead atoms. The van der Waals surface area contributed by atoms with Gasteiger partial charge in [-0.25, -0.2) is 0 Å². The van der Waals surface area contributed by atoms with E-state index in [1.54, 1.807) is 6.07 Å². The molecule has 1 aliphatic carbocycles. The molecule has 0 atom stereocenters. The van der Waals surface area contributed by atoms with Crippen LogP contribution in [0.25, 0.3) is 10.8 Å². The lowest BCUT2D eigenvalue weighted by Gasteiger charge is -2.16. The summed E-state index contributed by atoms with van der Waals surface area (Å²) >= 11 is 0. The van der Waals surface area contributed by atoms with Crippen LogP contribution in [-0.2, 0) is 5.41 Å². The summed E-state index contributed by atoms with van der Waals surface area (Å²) in [6.07, 6.45) is 2.33. The first kappa shape index (κ1) is 9.67. The first-order chi connectivity index (χ1) is 7.77. The molecule has 0 saturated heterocycles. The zero-order valence-corrected chi connectivity index (χ0v) is 9.11. The topological polar surface area (TPSA) is 46.2 Å². The number of nitrogens with two attached hydrogens (primary N) is 1. The Hall–Kier alpha value is -1.54. The van der Waals surface area contributed by atoms with Crippen molar-refractivity contribution >= 4 is 10.8 Å². The average molecular weight is 213 g/mol. The maximum atomic E-state index is 9.82. The maximum Gasteiger partial charge on any atom is 0.123 e. The van der Waals surface area contributed by atoms with Gasteiger partial charge in [-0.3, -0.25) is 0 Å². The Morgan fingerprint density at radius 2 is 1.75 bits per heavy atom. The lowest BCUT2D eigenvalue weighted by atomic mass is 9.91. The van der Waals surface area contributed by atoms with E-state index in [4.69, 9.17) is 5.73 Å². The van der Waals surface area contributed by atoms with Gasteiger partial charge in [-0.05, 0) is 29.9 Å². The monoisotopic (exact) mass is 213 g/mol. The van der Waals surface area contributed by atoms with Crippen LogP contribution in [0.4, 0.5) is 0 Å². The van der Waals surface area contributed by atoms with Crippen LogP contribution in [0.2, 0.25) is 0 Å². The summed E-state index contributed by atoms with van der Waals surface area (Å²) in [5.41, 5.74) is 7.34. The number of aromatic hydroxyl groups is 1. The Morgan fingerprint density at radius 3 is 2.44 bits per heavy atom. The summed E-state index contributed by atoms with van der Waals surface area (Å²) in [6, 6.07) is 11.8. The number of fused-ring (bicyclic) bond motifs is 1. The molecule has 1 aliphatic rings. The van der Waals surface area contributed by atoms with Crippen LogP contribution in [0.1, 0.15) is 18.4 Å². The third kappa shape index (κ3) is 1.23. The Kier molecular flexibility index (Phi) is 1.95. The third-order valence-electron chi connectivity index (χ3n) is 3.71. The van der Waals surface area contributed by atoms with Crippen LogP contribution in [0.15, 0.2) is 36.4 Å². The van der Waals surface area contributed by atoms with Crippen LogP contribution >= 0.6 is 0 Å². The smallest absolute Gasteiger partial charge is 0.123 e. The molecule has 1 fully saturated rings. The molecule has 2 heteroatoms. The lowest BCUT2D eigenvalue weighted by molar-refractivity contribution is 0.481. The standard InChI is InChI=1S/C14H15NO/c15-9-14(7-8-14)12-5-1-4-11-10(12)3-2-6-13(11)16/h1-6,16H,7-9,15H2. The average Bonchev–Trinajstić information content (AvgIpc) is 3.10. The first-order valence-corrected chi connectivity index (χ1v) is 5.68. The highest BCUT2D eigenvalue weighted by molar-refractivity contribution is 5.91. The van der Waals surface area contributed by atoms with Gasteiger partial charge in [0.15, 0.2) is 0 Å². The van der Waals surface area contributed by atoms with E-state index in [2.05, 4.69) is 12.1 Å². The Morgan fingerprint density at radius 1 is 1.06 bits per heavy atom. The van der Waals surface area contributed by atoms with E-state index in [1.165, 1.54) is 5.56 Å². The van der Waals surface area contributed by atoms with E-state index in [9.17, 15) is 5.11 Å². The van der Waals surface area contributed by atoms with Gasteiger partial charge in [0.2, 0.25) is 0 Å². The molecule has 1 saturated carbocycles. The van der Waals surface area contributed by atoms with Crippen molar-refractivity contribution in [1.82, 2.24) is 0 Å². The number of hydrogen-bond donors (Lipinski definition) is 2. The van der Waals surface area contributed by atoms with E-state index in [-0.39, 0.29) is 5.41 Å². The van der Waals surface area contributed by atoms with Gasteiger partial charge in [0.05, 0.1) is 0 Å².